The van der Waals surface area contributed by atoms with E-state index in [1.807, 2.05) is 19.1 Å². The van der Waals surface area contributed by atoms with Crippen LogP contribution in [0.15, 0.2) is 47.0 Å². The zero-order valence-corrected chi connectivity index (χ0v) is 11.6. The molecule has 0 fully saturated rings. The van der Waals surface area contributed by atoms with Crippen molar-refractivity contribution in [2.24, 2.45) is 0 Å². The van der Waals surface area contributed by atoms with E-state index >= 15 is 0 Å². The molecule has 1 heterocycles. The zero-order chi connectivity index (χ0) is 14.4. The first-order chi connectivity index (χ1) is 10.2. The number of hydrogen-bond acceptors (Lipinski definition) is 4. The minimum absolute atomic E-state index is 0.233. The highest BCUT2D eigenvalue weighted by atomic mass is 16.5. The van der Waals surface area contributed by atoms with Gasteiger partial charge in [0.05, 0.1) is 5.92 Å². The van der Waals surface area contributed by atoms with Gasteiger partial charge in [0.15, 0.2) is 5.82 Å². The van der Waals surface area contributed by atoms with E-state index in [0.29, 0.717) is 5.89 Å². The molecule has 0 bridgehead atoms. The van der Waals surface area contributed by atoms with Crippen molar-refractivity contribution in [1.82, 2.24) is 10.1 Å². The van der Waals surface area contributed by atoms with Gasteiger partial charge in [0.25, 0.3) is 5.89 Å². The van der Waals surface area contributed by atoms with Gasteiger partial charge in [-0.2, -0.15) is 4.98 Å². The third-order valence-electron chi connectivity index (χ3n) is 4.05. The van der Waals surface area contributed by atoms with Crippen LogP contribution < -0.4 is 0 Å². The van der Waals surface area contributed by atoms with Gasteiger partial charge in [0.2, 0.25) is 0 Å². The minimum Gasteiger partial charge on any atom is -0.508 e. The van der Waals surface area contributed by atoms with E-state index in [1.165, 1.54) is 11.1 Å². The Morgan fingerprint density at radius 2 is 2.05 bits per heavy atom. The Morgan fingerprint density at radius 3 is 2.86 bits per heavy atom. The van der Waals surface area contributed by atoms with E-state index in [9.17, 15) is 5.11 Å². The third kappa shape index (κ3) is 1.91. The second-order valence-corrected chi connectivity index (χ2v) is 5.41. The van der Waals surface area contributed by atoms with Gasteiger partial charge in [-0.3, -0.25) is 0 Å². The van der Waals surface area contributed by atoms with Gasteiger partial charge < -0.3 is 9.63 Å². The van der Waals surface area contributed by atoms with Crippen molar-refractivity contribution in [2.75, 3.05) is 0 Å². The molecule has 0 radical (unpaired) electrons. The predicted molar refractivity (Wildman–Crippen MR) is 78.1 cm³/mol. The van der Waals surface area contributed by atoms with Crippen molar-refractivity contribution in [3.05, 3.63) is 65.0 Å². The molecule has 4 nitrogen and oxygen atoms in total. The highest BCUT2D eigenvalue weighted by Crippen LogP contribution is 2.39. The maximum atomic E-state index is 9.57. The average molecular weight is 278 g/mol. The molecule has 2 aromatic carbocycles. The summed E-state index contributed by atoms with van der Waals surface area (Å²) in [7, 11) is 0. The van der Waals surface area contributed by atoms with Crippen LogP contribution in [-0.4, -0.2) is 15.2 Å². The molecule has 1 N–H and O–H groups in total. The van der Waals surface area contributed by atoms with Gasteiger partial charge in [-0.25, -0.2) is 0 Å². The molecule has 1 unspecified atom stereocenters. The van der Waals surface area contributed by atoms with Crippen LogP contribution in [0.2, 0.25) is 0 Å². The number of benzene rings is 2. The fourth-order valence-electron chi connectivity index (χ4n) is 2.77. The number of rotatable bonds is 2. The Balaban J connectivity index is 1.66. The highest BCUT2D eigenvalue weighted by Gasteiger charge is 2.31. The number of phenolic OH excluding ortho intramolecular Hbond substituents is 1. The first-order valence-corrected chi connectivity index (χ1v) is 6.94. The van der Waals surface area contributed by atoms with Gasteiger partial charge in [-0.05, 0) is 48.2 Å². The molecule has 0 saturated carbocycles. The van der Waals surface area contributed by atoms with Crippen LogP contribution in [0.3, 0.4) is 0 Å². The number of hydrogen-bond donors (Lipinski definition) is 1. The van der Waals surface area contributed by atoms with Crippen LogP contribution in [0.25, 0.3) is 11.5 Å². The molecule has 1 aliphatic carbocycles. The molecular weight excluding hydrogens is 264 g/mol. The maximum Gasteiger partial charge on any atom is 0.257 e. The van der Waals surface area contributed by atoms with Crippen LogP contribution in [0.1, 0.15) is 28.4 Å². The van der Waals surface area contributed by atoms with E-state index in [2.05, 4.69) is 28.3 Å². The normalized spacial score (nSPS) is 16.3. The van der Waals surface area contributed by atoms with E-state index in [4.69, 9.17) is 4.52 Å². The molecule has 4 heteroatoms. The summed E-state index contributed by atoms with van der Waals surface area (Å²) in [5.41, 5.74) is 4.26. The van der Waals surface area contributed by atoms with Crippen molar-refractivity contribution >= 4 is 0 Å². The van der Waals surface area contributed by atoms with Gasteiger partial charge in [-0.1, -0.05) is 29.4 Å². The standard InChI is InChI=1S/C17H14N2O2/c1-10-8-12(6-7-15(10)20)17-18-16(19-21-17)14-9-11-4-2-3-5-13(11)14/h2-8,14,20H,9H2,1H3. The molecule has 0 aliphatic heterocycles. The molecule has 1 aromatic heterocycles. The van der Waals surface area contributed by atoms with E-state index in [1.54, 1.807) is 12.1 Å². The van der Waals surface area contributed by atoms with Gasteiger partial charge in [0, 0.05) is 5.56 Å². The SMILES string of the molecule is Cc1cc(-c2nc(C3Cc4ccccc43)no2)ccc1O. The lowest BCUT2D eigenvalue weighted by Gasteiger charge is -2.27. The van der Waals surface area contributed by atoms with Gasteiger partial charge >= 0.3 is 0 Å². The summed E-state index contributed by atoms with van der Waals surface area (Å²) in [6.07, 6.45) is 0.962. The summed E-state index contributed by atoms with van der Waals surface area (Å²) in [5.74, 6) is 1.73. The zero-order valence-electron chi connectivity index (χ0n) is 11.6. The summed E-state index contributed by atoms with van der Waals surface area (Å²) < 4.78 is 5.37. The number of aromatic hydroxyl groups is 1. The molecule has 3 aromatic rings. The van der Waals surface area contributed by atoms with E-state index in [0.717, 1.165) is 23.4 Å². The molecular formula is C17H14N2O2. The van der Waals surface area contributed by atoms with E-state index < -0.39 is 0 Å². The molecule has 4 rings (SSSR count). The van der Waals surface area contributed by atoms with Crippen molar-refractivity contribution in [1.29, 1.82) is 0 Å². The maximum absolute atomic E-state index is 9.57. The molecule has 0 amide bonds. The van der Waals surface area contributed by atoms with Crippen molar-refractivity contribution in [3.8, 4) is 17.2 Å². The summed E-state index contributed by atoms with van der Waals surface area (Å²) >= 11 is 0. The largest absolute Gasteiger partial charge is 0.508 e. The summed E-state index contributed by atoms with van der Waals surface area (Å²) in [5, 5.41) is 13.7. The van der Waals surface area contributed by atoms with Crippen molar-refractivity contribution < 1.29 is 9.63 Å². The molecule has 21 heavy (non-hydrogen) atoms. The van der Waals surface area contributed by atoms with Crippen LogP contribution in [0.5, 0.6) is 5.75 Å². The Hall–Kier alpha value is -2.62. The first-order valence-electron chi connectivity index (χ1n) is 6.94. The number of fused-ring (bicyclic) bond motifs is 1. The molecule has 0 spiro atoms. The lowest BCUT2D eigenvalue weighted by atomic mass is 9.77. The Labute approximate surface area is 122 Å². The summed E-state index contributed by atoms with van der Waals surface area (Å²) in [6.45, 7) is 1.85. The molecule has 1 atom stereocenters. The Bertz CT molecular complexity index is 823. The fraction of sp³-hybridized carbons (Fsp3) is 0.176. The van der Waals surface area contributed by atoms with Crippen molar-refractivity contribution in [3.63, 3.8) is 0 Å². The quantitative estimate of drug-likeness (QED) is 0.780. The summed E-state index contributed by atoms with van der Waals surface area (Å²) in [6, 6.07) is 13.6. The fourth-order valence-corrected chi connectivity index (χ4v) is 2.77. The second-order valence-electron chi connectivity index (χ2n) is 5.41. The second kappa shape index (κ2) is 4.45. The average Bonchev–Trinajstić information content (AvgIpc) is 2.93. The number of nitrogens with zero attached hydrogens (tertiary/aromatic N) is 2. The number of aryl methyl sites for hydroxylation is 1. The first kappa shape index (κ1) is 12.1. The number of aromatic nitrogens is 2. The monoisotopic (exact) mass is 278 g/mol. The van der Waals surface area contributed by atoms with Crippen LogP contribution >= 0.6 is 0 Å². The predicted octanol–water partition coefficient (Wildman–Crippen LogP) is 3.44. The van der Waals surface area contributed by atoms with Crippen LogP contribution in [-0.2, 0) is 6.42 Å². The molecule has 104 valence electrons. The van der Waals surface area contributed by atoms with E-state index in [-0.39, 0.29) is 11.7 Å². The lowest BCUT2D eigenvalue weighted by molar-refractivity contribution is 0.416. The Morgan fingerprint density at radius 1 is 1.19 bits per heavy atom. The molecule has 0 saturated heterocycles. The topological polar surface area (TPSA) is 59.2 Å². The third-order valence-corrected chi connectivity index (χ3v) is 4.05. The minimum atomic E-state index is 0.233. The van der Waals surface area contributed by atoms with Gasteiger partial charge in [0.1, 0.15) is 5.75 Å². The van der Waals surface area contributed by atoms with Crippen LogP contribution in [0.4, 0.5) is 0 Å². The molecule has 1 aliphatic rings. The smallest absolute Gasteiger partial charge is 0.257 e. The summed E-state index contributed by atoms with van der Waals surface area (Å²) in [4.78, 5) is 4.51. The van der Waals surface area contributed by atoms with Crippen molar-refractivity contribution in [2.45, 2.75) is 19.3 Å². The lowest BCUT2D eigenvalue weighted by Crippen LogP contribution is -2.19. The van der Waals surface area contributed by atoms with Crippen LogP contribution in [0, 0.1) is 6.92 Å². The Kier molecular flexibility index (Phi) is 2.57. The highest BCUT2D eigenvalue weighted by molar-refractivity contribution is 5.57. The number of phenols is 1. The van der Waals surface area contributed by atoms with Gasteiger partial charge in [-0.15, -0.1) is 0 Å².